The van der Waals surface area contributed by atoms with E-state index in [4.69, 9.17) is 0 Å². The van der Waals surface area contributed by atoms with Crippen LogP contribution in [0.25, 0.3) is 0 Å². The van der Waals surface area contributed by atoms with Crippen molar-refractivity contribution in [1.82, 2.24) is 15.5 Å². The zero-order valence-electron chi connectivity index (χ0n) is 12.2. The molecule has 2 N–H and O–H groups in total. The first kappa shape index (κ1) is 15.4. The van der Waals surface area contributed by atoms with Crippen molar-refractivity contribution < 1.29 is 4.79 Å². The third-order valence-corrected chi connectivity index (χ3v) is 3.85. The fraction of sp³-hybridized carbons (Fsp3) is 0.929. The molecule has 18 heavy (non-hydrogen) atoms. The van der Waals surface area contributed by atoms with Crippen molar-refractivity contribution in [2.24, 2.45) is 0 Å². The number of hydrogen-bond acceptors (Lipinski definition) is 3. The first-order valence-corrected chi connectivity index (χ1v) is 7.44. The Hall–Kier alpha value is -0.610. The maximum absolute atomic E-state index is 12.1. The molecule has 0 aliphatic carbocycles. The summed E-state index contributed by atoms with van der Waals surface area (Å²) in [6, 6.07) is 0.554. The topological polar surface area (TPSA) is 44.4 Å². The van der Waals surface area contributed by atoms with Gasteiger partial charge in [0.2, 0.25) is 5.91 Å². The number of likely N-dealkylation sites (N-methyl/N-ethyl adjacent to an activating group) is 1. The Balaban J connectivity index is 2.44. The average Bonchev–Trinajstić information content (AvgIpc) is 2.41. The minimum atomic E-state index is -0.00467. The molecule has 0 aromatic rings. The van der Waals surface area contributed by atoms with Crippen molar-refractivity contribution in [2.45, 2.75) is 58.5 Å². The van der Waals surface area contributed by atoms with E-state index in [2.05, 4.69) is 29.4 Å². The summed E-state index contributed by atoms with van der Waals surface area (Å²) >= 11 is 0. The number of carbonyl (C=O) groups is 1. The fourth-order valence-corrected chi connectivity index (χ4v) is 2.67. The second-order valence-electron chi connectivity index (χ2n) is 5.13. The van der Waals surface area contributed by atoms with E-state index in [1.165, 1.54) is 0 Å². The molecule has 0 saturated carbocycles. The molecule has 4 heteroatoms. The Labute approximate surface area is 111 Å². The lowest BCUT2D eigenvalue weighted by atomic mass is 10.0. The predicted molar refractivity (Wildman–Crippen MR) is 75.7 cm³/mol. The summed E-state index contributed by atoms with van der Waals surface area (Å²) in [6.07, 6.45) is 4.50. The molecular weight excluding hydrogens is 226 g/mol. The molecule has 1 aliphatic heterocycles. The average molecular weight is 255 g/mol. The molecule has 0 aromatic carbocycles. The fourth-order valence-electron chi connectivity index (χ4n) is 2.67. The largest absolute Gasteiger partial charge is 0.355 e. The molecule has 0 radical (unpaired) electrons. The van der Waals surface area contributed by atoms with Crippen LogP contribution in [0, 0.1) is 0 Å². The Morgan fingerprint density at radius 3 is 2.61 bits per heavy atom. The summed E-state index contributed by atoms with van der Waals surface area (Å²) in [5, 5.41) is 6.42. The minimum Gasteiger partial charge on any atom is -0.355 e. The van der Waals surface area contributed by atoms with Crippen molar-refractivity contribution in [1.29, 1.82) is 0 Å². The van der Waals surface area contributed by atoms with Crippen LogP contribution in [0.15, 0.2) is 0 Å². The number of nitrogens with one attached hydrogen (secondary N) is 2. The molecule has 0 aromatic heterocycles. The van der Waals surface area contributed by atoms with E-state index >= 15 is 0 Å². The molecular formula is C14H29N3O. The molecule has 1 unspecified atom stereocenters. The maximum Gasteiger partial charge on any atom is 0.237 e. The van der Waals surface area contributed by atoms with Crippen LogP contribution in [0.1, 0.15) is 46.5 Å². The molecule has 0 bridgehead atoms. The Morgan fingerprint density at radius 1 is 1.39 bits per heavy atom. The number of nitrogens with zero attached hydrogens (tertiary/aromatic N) is 1. The van der Waals surface area contributed by atoms with Crippen LogP contribution >= 0.6 is 0 Å². The van der Waals surface area contributed by atoms with Crippen LogP contribution in [0.5, 0.6) is 0 Å². The highest BCUT2D eigenvalue weighted by Crippen LogP contribution is 2.14. The normalized spacial score (nSPS) is 18.9. The molecule has 1 saturated heterocycles. The van der Waals surface area contributed by atoms with E-state index in [9.17, 15) is 4.79 Å². The van der Waals surface area contributed by atoms with Crippen molar-refractivity contribution >= 4 is 5.91 Å². The van der Waals surface area contributed by atoms with Crippen molar-refractivity contribution in [3.05, 3.63) is 0 Å². The lowest BCUT2D eigenvalue weighted by Gasteiger charge is -2.37. The third kappa shape index (κ3) is 4.58. The van der Waals surface area contributed by atoms with Gasteiger partial charge in [-0.15, -0.1) is 0 Å². The quantitative estimate of drug-likeness (QED) is 0.675. The van der Waals surface area contributed by atoms with Crippen LogP contribution in [0.2, 0.25) is 0 Å². The van der Waals surface area contributed by atoms with Gasteiger partial charge in [0, 0.05) is 12.6 Å². The van der Waals surface area contributed by atoms with Gasteiger partial charge < -0.3 is 10.6 Å². The summed E-state index contributed by atoms with van der Waals surface area (Å²) in [6.45, 7) is 10.2. The maximum atomic E-state index is 12.1. The lowest BCUT2D eigenvalue weighted by Crippen LogP contribution is -2.52. The molecule has 0 spiro atoms. The van der Waals surface area contributed by atoms with Crippen LogP contribution in [-0.2, 0) is 4.79 Å². The summed E-state index contributed by atoms with van der Waals surface area (Å²) in [7, 11) is 0. The van der Waals surface area contributed by atoms with Crippen LogP contribution < -0.4 is 10.6 Å². The number of rotatable bonds is 7. The second-order valence-corrected chi connectivity index (χ2v) is 5.13. The van der Waals surface area contributed by atoms with Crippen LogP contribution in [0.4, 0.5) is 0 Å². The van der Waals surface area contributed by atoms with Crippen LogP contribution in [0.3, 0.4) is 0 Å². The molecule has 1 atom stereocenters. The molecule has 106 valence electrons. The Bertz CT molecular complexity index is 239. The van der Waals surface area contributed by atoms with Gasteiger partial charge >= 0.3 is 0 Å². The summed E-state index contributed by atoms with van der Waals surface area (Å²) < 4.78 is 0. The molecule has 1 amide bonds. The summed E-state index contributed by atoms with van der Waals surface area (Å²) in [5.41, 5.74) is 0. The van der Waals surface area contributed by atoms with Gasteiger partial charge in [-0.1, -0.05) is 20.3 Å². The molecule has 1 fully saturated rings. The van der Waals surface area contributed by atoms with Gasteiger partial charge in [0.15, 0.2) is 0 Å². The van der Waals surface area contributed by atoms with Gasteiger partial charge in [-0.3, -0.25) is 9.69 Å². The lowest BCUT2D eigenvalue weighted by molar-refractivity contribution is -0.126. The van der Waals surface area contributed by atoms with Gasteiger partial charge in [0.05, 0.1) is 6.04 Å². The Morgan fingerprint density at radius 2 is 2.06 bits per heavy atom. The molecule has 1 aliphatic rings. The zero-order valence-corrected chi connectivity index (χ0v) is 12.2. The van der Waals surface area contributed by atoms with Crippen LogP contribution in [-0.4, -0.2) is 49.1 Å². The van der Waals surface area contributed by atoms with Gasteiger partial charge in [-0.05, 0) is 45.8 Å². The van der Waals surface area contributed by atoms with E-state index in [1.54, 1.807) is 0 Å². The minimum absolute atomic E-state index is 0.00467. The van der Waals surface area contributed by atoms with Gasteiger partial charge in [0.1, 0.15) is 0 Å². The standard InChI is InChI=1S/C14H29N3O/c1-4-6-9-16-14(18)12(3)17(5-2)13-7-10-15-11-8-13/h12-13,15H,4-11H2,1-3H3,(H,16,18). The predicted octanol–water partition coefficient (Wildman–Crippen LogP) is 1.37. The van der Waals surface area contributed by atoms with Crippen molar-refractivity contribution in [3.63, 3.8) is 0 Å². The summed E-state index contributed by atoms with van der Waals surface area (Å²) in [5.74, 6) is 0.184. The highest BCUT2D eigenvalue weighted by atomic mass is 16.2. The van der Waals surface area contributed by atoms with E-state index in [0.717, 1.165) is 51.9 Å². The zero-order chi connectivity index (χ0) is 13.4. The molecule has 1 heterocycles. The second kappa shape index (κ2) is 8.48. The van der Waals surface area contributed by atoms with Crippen molar-refractivity contribution in [2.75, 3.05) is 26.2 Å². The Kier molecular flexibility index (Phi) is 7.28. The highest BCUT2D eigenvalue weighted by Gasteiger charge is 2.27. The van der Waals surface area contributed by atoms with Crippen molar-refractivity contribution in [3.8, 4) is 0 Å². The van der Waals surface area contributed by atoms with E-state index < -0.39 is 0 Å². The number of amides is 1. The first-order valence-electron chi connectivity index (χ1n) is 7.44. The van der Waals surface area contributed by atoms with E-state index in [-0.39, 0.29) is 11.9 Å². The van der Waals surface area contributed by atoms with E-state index in [1.807, 2.05) is 6.92 Å². The monoisotopic (exact) mass is 255 g/mol. The van der Waals surface area contributed by atoms with Gasteiger partial charge in [-0.2, -0.15) is 0 Å². The SMILES string of the molecule is CCCCNC(=O)C(C)N(CC)C1CCNCC1. The first-order chi connectivity index (χ1) is 8.70. The number of carbonyl (C=O) groups excluding carboxylic acids is 1. The van der Waals surface area contributed by atoms with Gasteiger partial charge in [0.25, 0.3) is 0 Å². The number of piperidine rings is 1. The van der Waals surface area contributed by atoms with E-state index in [0.29, 0.717) is 6.04 Å². The summed E-state index contributed by atoms with van der Waals surface area (Å²) in [4.78, 5) is 14.4. The smallest absolute Gasteiger partial charge is 0.237 e. The number of unbranched alkanes of at least 4 members (excludes halogenated alkanes) is 1. The highest BCUT2D eigenvalue weighted by molar-refractivity contribution is 5.81. The molecule has 1 rings (SSSR count). The number of hydrogen-bond donors (Lipinski definition) is 2. The molecule has 4 nitrogen and oxygen atoms in total. The third-order valence-electron chi connectivity index (χ3n) is 3.85. The van der Waals surface area contributed by atoms with Gasteiger partial charge in [-0.25, -0.2) is 0 Å².